The van der Waals surface area contributed by atoms with Crippen LogP contribution in [0.4, 0.5) is 94.0 Å². The van der Waals surface area contributed by atoms with E-state index in [1.54, 1.807) is 18.6 Å². The van der Waals surface area contributed by atoms with E-state index >= 15 is 0 Å². The van der Waals surface area contributed by atoms with E-state index in [1.165, 1.54) is 35.6 Å². The van der Waals surface area contributed by atoms with Crippen LogP contribution in [0.5, 0.6) is 0 Å². The number of benzene rings is 4. The molecule has 12 aromatic rings. The number of nitrogens with zero attached hydrogens (tertiary/aromatic N) is 19. The summed E-state index contributed by atoms with van der Waals surface area (Å²) in [6.07, 6.45) is 19.8. The highest BCUT2D eigenvalue weighted by molar-refractivity contribution is 7.81. The fourth-order valence-corrected chi connectivity index (χ4v) is 18.6. The SMILES string of the molecule is CCN1CCN(c2cncc(Nc3ncc4c(n3)-c3ccc(Cl)cc3NC(=S)C4)c2)C[C@H]1C.CN1CCN(c2ccc(Nc3ncc4c(n3)-c3ccc(C(F)(F)F)cc3NC(=S)C4)cn2)CC1.Cc1ccc2c(c1)NC(=S)Cc1cnc(Nc3cc(CCCN(C)C)cnc3C)nc1-2.Cc1ncc(CCN2CCC(N(C)C)CC2)cc1Nc1ncc2c(n1)-c1ccc(Cl)cc1NC(=S)C2. The number of hydrogen-bond donors (Lipinski definition) is 8. The molecule has 0 bridgehead atoms. The molecular weight excluding hydrogens is 1810 g/mol. The average molecular weight is 1920 g/mol. The number of alkyl halides is 3. The van der Waals surface area contributed by atoms with Crippen molar-refractivity contribution in [1.82, 2.24) is 84.3 Å². The van der Waals surface area contributed by atoms with Crippen LogP contribution in [-0.4, -0.2) is 230 Å². The summed E-state index contributed by atoms with van der Waals surface area (Å²) in [5.41, 5.74) is 22.6. The molecule has 7 aliphatic heterocycles. The number of likely N-dealkylation sites (N-methyl/N-ethyl adjacent to an activating group) is 2. The summed E-state index contributed by atoms with van der Waals surface area (Å²) in [4.78, 5) is 74.7. The van der Waals surface area contributed by atoms with E-state index in [-0.39, 0.29) is 5.69 Å². The van der Waals surface area contributed by atoms with Crippen molar-refractivity contribution in [2.24, 2.45) is 0 Å². The van der Waals surface area contributed by atoms with E-state index in [9.17, 15) is 13.2 Å². The van der Waals surface area contributed by atoms with E-state index in [0.29, 0.717) is 93.5 Å². The van der Waals surface area contributed by atoms with Gasteiger partial charge in [-0.25, -0.2) is 44.9 Å². The number of fused-ring (bicyclic) bond motifs is 12. The Morgan fingerprint density at radius 3 is 1.43 bits per heavy atom. The van der Waals surface area contributed by atoms with Crippen molar-refractivity contribution < 1.29 is 13.2 Å². The Bertz CT molecular complexity index is 6330. The number of anilines is 14. The number of pyridine rings is 4. The number of hydrogen-bond acceptors (Lipinski definition) is 27. The lowest BCUT2D eigenvalue weighted by Gasteiger charge is -2.40. The summed E-state index contributed by atoms with van der Waals surface area (Å²) in [7, 11) is 10.7. The maximum atomic E-state index is 13.2. The first-order valence-corrected chi connectivity index (χ1v) is 47.3. The van der Waals surface area contributed by atoms with Gasteiger partial charge in [0, 0.05) is 205 Å². The zero-order chi connectivity index (χ0) is 94.0. The summed E-state index contributed by atoms with van der Waals surface area (Å²) in [6, 6.07) is 32.8. The quantitative estimate of drug-likeness (QED) is 0.0349. The van der Waals surface area contributed by atoms with E-state index in [2.05, 4.69) is 214 Å². The highest BCUT2D eigenvalue weighted by atomic mass is 35.5. The number of likely N-dealkylation sites (tertiary alicyclic amines) is 1. The molecular formula is C98H108Cl2F3N27S4. The zero-order valence-electron chi connectivity index (χ0n) is 76.5. The second-order valence-electron chi connectivity index (χ2n) is 35.1. The number of piperazine rings is 2. The molecule has 7 aliphatic rings. The van der Waals surface area contributed by atoms with Crippen LogP contribution in [0.1, 0.15) is 89.0 Å². The minimum Gasteiger partial charge on any atom is -0.367 e. The summed E-state index contributed by atoms with van der Waals surface area (Å²) in [5, 5.41) is 27.4. The normalized spacial score (nSPS) is 16.0. The molecule has 4 aromatic carbocycles. The van der Waals surface area contributed by atoms with Gasteiger partial charge in [-0.3, -0.25) is 19.9 Å². The molecule has 0 aliphatic carbocycles. The molecule has 27 nitrogen and oxygen atoms in total. The Morgan fingerprint density at radius 2 is 0.948 bits per heavy atom. The van der Waals surface area contributed by atoms with Crippen LogP contribution in [0.25, 0.3) is 45.0 Å². The predicted molar refractivity (Wildman–Crippen MR) is 551 cm³/mol. The highest BCUT2D eigenvalue weighted by Gasteiger charge is 2.34. The largest absolute Gasteiger partial charge is 0.416 e. The maximum Gasteiger partial charge on any atom is 0.416 e. The van der Waals surface area contributed by atoms with Gasteiger partial charge in [0.2, 0.25) is 23.8 Å². The lowest BCUT2D eigenvalue weighted by atomic mass is 10.0. The Balaban J connectivity index is 0.000000130. The van der Waals surface area contributed by atoms with E-state index < -0.39 is 11.7 Å². The van der Waals surface area contributed by atoms with Gasteiger partial charge in [-0.15, -0.1) is 0 Å². The standard InChI is InChI=1S/C27H32ClN7S.C24H26ClN7S.C24H28N6S.C23H22F3N7S/c1-17-23(12-18(15-29-17)6-9-35-10-7-21(8-11-35)34(2)3)32-27-30-16-19-13-25(36)31-24-14-20(28)4-5-22(24)26(19)33-27;1-3-31-6-7-32(14-15(31)2)19-10-18(12-26-13-19)28-24-27-11-16-8-22(33)29-21-9-17(25)4-5-20(21)23(16)30-24;1-15-7-8-19-21(10-15)27-22(31)12-18-14-26-24(29-23(18)19)28-20-11-17(13-25-16(20)2)6-5-9-30(3)4;1-32-6-8-33(9-7-32)19-5-3-16(13-27-19)29-22-28-12-14-10-20(34)30-18-11-15(23(24,25)26)2-4-17(18)21(14)31-22/h4-5,12,14-16,21H,6-11,13H2,1-3H3,(H,31,36)(H,30,32,33);4-5,9-13,15H,3,6-8,14H2,1-2H3,(H,29,33)(H,27,28,30);7-8,10-11,13-14H,5-6,9,12H2,1-4H3,(H,27,31)(H,26,28,29);2-5,11-13H,6-10H2,1H3,(H,30,34)(H,28,29,31)/t;15-;;/m.1../s1. The summed E-state index contributed by atoms with van der Waals surface area (Å²) < 4.78 is 39.6. The van der Waals surface area contributed by atoms with Crippen LogP contribution in [0, 0.1) is 20.8 Å². The molecule has 3 fully saturated rings. The topological polar surface area (TPSA) is 274 Å². The molecule has 0 radical (unpaired) electrons. The van der Waals surface area contributed by atoms with Gasteiger partial charge in [0.25, 0.3) is 0 Å². The molecule has 8 N–H and O–H groups in total. The summed E-state index contributed by atoms with van der Waals surface area (Å²) in [5.74, 6) is 2.86. The van der Waals surface area contributed by atoms with E-state index in [0.717, 1.165) is 238 Å². The lowest BCUT2D eigenvalue weighted by Crippen LogP contribution is -2.51. The van der Waals surface area contributed by atoms with Gasteiger partial charge in [-0.2, -0.15) is 13.2 Å². The van der Waals surface area contributed by atoms with Crippen molar-refractivity contribution >= 4 is 173 Å². The Morgan fingerprint density at radius 1 is 0.478 bits per heavy atom. The van der Waals surface area contributed by atoms with Crippen LogP contribution in [0.15, 0.2) is 159 Å². The molecule has 36 heteroatoms. The Kier molecular flexibility index (Phi) is 30.6. The second-order valence-corrected chi connectivity index (χ2v) is 37.9. The number of piperidine rings is 1. The van der Waals surface area contributed by atoms with Crippen molar-refractivity contribution in [1.29, 1.82) is 0 Å². The van der Waals surface area contributed by atoms with Gasteiger partial charge < -0.3 is 71.9 Å². The molecule has 0 saturated carbocycles. The summed E-state index contributed by atoms with van der Waals surface area (Å²) >= 11 is 34.3. The predicted octanol–water partition coefficient (Wildman–Crippen LogP) is 18.9. The van der Waals surface area contributed by atoms with Crippen LogP contribution >= 0.6 is 72.1 Å². The first-order chi connectivity index (χ1) is 64.5. The first kappa shape index (κ1) is 95.5. The van der Waals surface area contributed by atoms with Gasteiger partial charge in [0.15, 0.2) is 0 Å². The van der Waals surface area contributed by atoms with E-state index in [1.807, 2.05) is 99.6 Å². The lowest BCUT2D eigenvalue weighted by molar-refractivity contribution is -0.137. The van der Waals surface area contributed by atoms with Gasteiger partial charge in [0.1, 0.15) is 5.82 Å². The van der Waals surface area contributed by atoms with Crippen molar-refractivity contribution in [3.05, 3.63) is 225 Å². The third-order valence-electron chi connectivity index (χ3n) is 24.7. The van der Waals surface area contributed by atoms with Gasteiger partial charge in [-0.05, 0) is 223 Å². The van der Waals surface area contributed by atoms with Crippen molar-refractivity contribution in [3.63, 3.8) is 0 Å². The minimum absolute atomic E-state index is 0.279. The Labute approximate surface area is 811 Å². The molecule has 694 valence electrons. The van der Waals surface area contributed by atoms with Crippen LogP contribution < -0.4 is 52.3 Å². The zero-order valence-corrected chi connectivity index (χ0v) is 81.3. The fourth-order valence-electron chi connectivity index (χ4n) is 17.2. The monoisotopic (exact) mass is 1920 g/mol. The highest BCUT2D eigenvalue weighted by Crippen LogP contribution is 2.42. The molecule has 19 rings (SSSR count). The van der Waals surface area contributed by atoms with Crippen molar-refractivity contribution in [2.75, 3.05) is 166 Å². The molecule has 0 amide bonds. The molecule has 8 aromatic heterocycles. The Hall–Kier alpha value is -11.7. The second kappa shape index (κ2) is 42.9. The number of thiocarbonyl (C=S) groups is 4. The average Bonchev–Trinajstić information content (AvgIpc) is 1.62. The number of halogens is 5. The number of aromatic nitrogens is 12. The molecule has 3 saturated heterocycles. The molecule has 134 heavy (non-hydrogen) atoms. The number of rotatable bonds is 19. The fraction of sp³-hybridized carbons (Fsp3) is 0.347. The smallest absolute Gasteiger partial charge is 0.367 e. The van der Waals surface area contributed by atoms with Gasteiger partial charge >= 0.3 is 6.18 Å². The molecule has 15 heterocycles. The third-order valence-corrected chi connectivity index (χ3v) is 26.1. The number of nitrogens with one attached hydrogen (secondary N) is 8. The van der Waals surface area contributed by atoms with Crippen LogP contribution in [0.3, 0.4) is 0 Å². The number of aryl methyl sites for hydroxylation is 4. The van der Waals surface area contributed by atoms with Gasteiger partial charge in [-0.1, -0.05) is 97.2 Å². The first-order valence-electron chi connectivity index (χ1n) is 44.9. The van der Waals surface area contributed by atoms with Crippen LogP contribution in [-0.2, 0) is 44.7 Å². The van der Waals surface area contributed by atoms with E-state index in [4.69, 9.17) is 87.0 Å². The third kappa shape index (κ3) is 24.2. The molecule has 1 atom stereocenters. The van der Waals surface area contributed by atoms with Gasteiger partial charge in [0.05, 0.1) is 107 Å². The molecule has 0 spiro atoms. The molecule has 0 unspecified atom stereocenters. The minimum atomic E-state index is -4.45. The van der Waals surface area contributed by atoms with Crippen LogP contribution in [0.2, 0.25) is 10.0 Å². The van der Waals surface area contributed by atoms with Crippen molar-refractivity contribution in [2.45, 2.75) is 111 Å². The summed E-state index contributed by atoms with van der Waals surface area (Å²) in [6.45, 7) is 22.9. The maximum absolute atomic E-state index is 13.2. The van der Waals surface area contributed by atoms with Crippen molar-refractivity contribution in [3.8, 4) is 45.0 Å².